The SMILES string of the molecule is CC(C)C1CCC2(CC1)N=C(N1CCOCC1)C(=O)N2[C@H](CCO)c1ccc(C(=O)NCc2nn[nH]n2)cc1. The number of aliphatic hydroxyl groups is 1. The van der Waals surface area contributed by atoms with Crippen molar-refractivity contribution in [2.75, 3.05) is 32.9 Å². The van der Waals surface area contributed by atoms with Crippen LogP contribution in [0.15, 0.2) is 29.3 Å². The third-order valence-corrected chi connectivity index (χ3v) is 8.33. The molecule has 2 amide bonds. The number of morpholine rings is 1. The van der Waals surface area contributed by atoms with Crippen LogP contribution in [-0.2, 0) is 16.1 Å². The Morgan fingerprint density at radius 3 is 2.54 bits per heavy atom. The average Bonchev–Trinajstić information content (AvgIpc) is 3.58. The van der Waals surface area contributed by atoms with E-state index in [1.807, 2.05) is 17.0 Å². The van der Waals surface area contributed by atoms with Crippen molar-refractivity contribution in [2.45, 2.75) is 64.2 Å². The Morgan fingerprint density at radius 2 is 1.92 bits per heavy atom. The van der Waals surface area contributed by atoms with E-state index in [2.05, 4.69) is 44.7 Å². The smallest absolute Gasteiger partial charge is 0.291 e. The number of H-pyrrole nitrogens is 1. The van der Waals surface area contributed by atoms with Crippen LogP contribution >= 0.6 is 0 Å². The quantitative estimate of drug-likeness (QED) is 0.460. The van der Waals surface area contributed by atoms with Crippen molar-refractivity contribution in [1.82, 2.24) is 35.7 Å². The Morgan fingerprint density at radius 1 is 1.21 bits per heavy atom. The fourth-order valence-electron chi connectivity index (χ4n) is 6.07. The first-order chi connectivity index (χ1) is 18.9. The van der Waals surface area contributed by atoms with Gasteiger partial charge in [-0.1, -0.05) is 31.2 Å². The molecule has 1 aromatic carbocycles. The number of carbonyl (C=O) groups excluding carboxylic acids is 2. The van der Waals surface area contributed by atoms with Crippen molar-refractivity contribution in [3.63, 3.8) is 0 Å². The summed E-state index contributed by atoms with van der Waals surface area (Å²) >= 11 is 0. The minimum atomic E-state index is -0.628. The molecule has 1 atom stereocenters. The highest BCUT2D eigenvalue weighted by molar-refractivity contribution is 6.39. The second kappa shape index (κ2) is 11.8. The van der Waals surface area contributed by atoms with E-state index < -0.39 is 5.66 Å². The number of amides is 2. The molecule has 2 fully saturated rings. The van der Waals surface area contributed by atoms with Crippen LogP contribution in [0, 0.1) is 11.8 Å². The number of hydrogen-bond donors (Lipinski definition) is 3. The Bertz CT molecular complexity index is 1150. The fraction of sp³-hybridized carbons (Fsp3) is 0.630. The highest BCUT2D eigenvalue weighted by atomic mass is 16.5. The molecule has 5 rings (SSSR count). The molecular weight excluding hydrogens is 500 g/mol. The van der Waals surface area contributed by atoms with Gasteiger partial charge in [0.05, 0.1) is 25.8 Å². The van der Waals surface area contributed by atoms with E-state index in [0.717, 1.165) is 31.2 Å². The molecule has 210 valence electrons. The van der Waals surface area contributed by atoms with Gasteiger partial charge in [-0.3, -0.25) is 9.59 Å². The van der Waals surface area contributed by atoms with E-state index >= 15 is 0 Å². The first-order valence-corrected chi connectivity index (χ1v) is 13.9. The summed E-state index contributed by atoms with van der Waals surface area (Å²) in [6.07, 6.45) is 4.00. The summed E-state index contributed by atoms with van der Waals surface area (Å²) in [4.78, 5) is 35.9. The van der Waals surface area contributed by atoms with Gasteiger partial charge in [0.25, 0.3) is 11.8 Å². The second-order valence-corrected chi connectivity index (χ2v) is 10.9. The summed E-state index contributed by atoms with van der Waals surface area (Å²) in [6, 6.07) is 6.88. The average molecular weight is 539 g/mol. The van der Waals surface area contributed by atoms with E-state index in [0.29, 0.717) is 61.8 Å². The molecule has 0 bridgehead atoms. The Kier molecular flexibility index (Phi) is 8.22. The maximum absolute atomic E-state index is 14.1. The van der Waals surface area contributed by atoms with Gasteiger partial charge in [0.1, 0.15) is 5.66 Å². The van der Waals surface area contributed by atoms with Gasteiger partial charge in [-0.2, -0.15) is 5.21 Å². The summed E-state index contributed by atoms with van der Waals surface area (Å²) in [7, 11) is 0. The van der Waals surface area contributed by atoms with Gasteiger partial charge in [-0.15, -0.1) is 10.2 Å². The van der Waals surface area contributed by atoms with E-state index in [4.69, 9.17) is 9.73 Å². The number of nitrogens with zero attached hydrogens (tertiary/aromatic N) is 6. The standard InChI is InChI=1S/C27H38N8O4/c1-18(2)19-7-10-27(11-8-19)29-24(34-12-15-39-16-13-34)26(38)35(27)22(9-14-36)20-3-5-21(6-4-20)25(37)28-17-23-30-32-33-31-23/h3-6,18-19,22,36H,7-17H2,1-2H3,(H,28,37)(H,30,31,32,33)/t19?,22-,27?/m1/s1. The second-order valence-electron chi connectivity index (χ2n) is 10.9. The number of hydrogen-bond acceptors (Lipinski definition) is 9. The minimum Gasteiger partial charge on any atom is -0.396 e. The first-order valence-electron chi connectivity index (χ1n) is 13.9. The molecule has 3 N–H and O–H groups in total. The molecule has 1 aliphatic carbocycles. The molecule has 12 nitrogen and oxygen atoms in total. The van der Waals surface area contributed by atoms with Crippen LogP contribution in [0.3, 0.4) is 0 Å². The summed E-state index contributed by atoms with van der Waals surface area (Å²) in [5.74, 6) is 1.76. The Hall–Kier alpha value is -3.38. The molecule has 3 aliphatic rings. The highest BCUT2D eigenvalue weighted by Gasteiger charge is 2.53. The molecule has 2 aromatic rings. The maximum atomic E-state index is 14.1. The number of amidine groups is 1. The van der Waals surface area contributed by atoms with Crippen LogP contribution in [0.1, 0.15) is 73.7 Å². The molecule has 0 unspecified atom stereocenters. The monoisotopic (exact) mass is 538 g/mol. The lowest BCUT2D eigenvalue weighted by atomic mass is 9.76. The number of aliphatic hydroxyl groups excluding tert-OH is 1. The van der Waals surface area contributed by atoms with E-state index in [1.165, 1.54) is 0 Å². The van der Waals surface area contributed by atoms with Crippen molar-refractivity contribution < 1.29 is 19.4 Å². The predicted molar refractivity (Wildman–Crippen MR) is 142 cm³/mol. The van der Waals surface area contributed by atoms with Gasteiger partial charge in [0, 0.05) is 25.3 Å². The van der Waals surface area contributed by atoms with Crippen LogP contribution in [0.25, 0.3) is 0 Å². The van der Waals surface area contributed by atoms with Crippen molar-refractivity contribution in [3.8, 4) is 0 Å². The molecule has 1 spiro atoms. The third-order valence-electron chi connectivity index (χ3n) is 8.33. The van der Waals surface area contributed by atoms with Crippen LogP contribution in [0.5, 0.6) is 0 Å². The van der Waals surface area contributed by atoms with Crippen LogP contribution in [0.2, 0.25) is 0 Å². The number of benzene rings is 1. The van der Waals surface area contributed by atoms with Crippen LogP contribution in [0.4, 0.5) is 0 Å². The lowest BCUT2D eigenvalue weighted by molar-refractivity contribution is -0.134. The molecule has 1 aromatic heterocycles. The van der Waals surface area contributed by atoms with Crippen molar-refractivity contribution >= 4 is 17.6 Å². The summed E-state index contributed by atoms with van der Waals surface area (Å²) in [6.45, 7) is 7.04. The molecule has 1 saturated carbocycles. The summed E-state index contributed by atoms with van der Waals surface area (Å²) in [5.41, 5.74) is 0.724. The van der Waals surface area contributed by atoms with E-state index in [9.17, 15) is 14.7 Å². The zero-order valence-corrected chi connectivity index (χ0v) is 22.7. The van der Waals surface area contributed by atoms with Crippen molar-refractivity contribution in [3.05, 3.63) is 41.2 Å². The molecule has 12 heteroatoms. The number of aliphatic imine (C=N–C) groups is 1. The zero-order valence-electron chi connectivity index (χ0n) is 22.7. The van der Waals surface area contributed by atoms with Crippen molar-refractivity contribution in [2.24, 2.45) is 16.8 Å². The van der Waals surface area contributed by atoms with Crippen LogP contribution in [-0.4, -0.2) is 91.8 Å². The third kappa shape index (κ3) is 5.67. The van der Waals surface area contributed by atoms with Gasteiger partial charge in [0.2, 0.25) is 0 Å². The Balaban J connectivity index is 1.40. The van der Waals surface area contributed by atoms with Gasteiger partial charge in [-0.25, -0.2) is 4.99 Å². The lowest BCUT2D eigenvalue weighted by Gasteiger charge is -2.45. The first kappa shape index (κ1) is 27.2. The summed E-state index contributed by atoms with van der Waals surface area (Å²) < 4.78 is 5.52. The molecule has 3 heterocycles. The van der Waals surface area contributed by atoms with Crippen molar-refractivity contribution in [1.29, 1.82) is 0 Å². The number of tetrazole rings is 1. The molecule has 39 heavy (non-hydrogen) atoms. The largest absolute Gasteiger partial charge is 0.396 e. The highest BCUT2D eigenvalue weighted by Crippen LogP contribution is 2.47. The fourth-order valence-corrected chi connectivity index (χ4v) is 6.07. The van der Waals surface area contributed by atoms with E-state index in [1.54, 1.807) is 12.1 Å². The van der Waals surface area contributed by atoms with Gasteiger partial charge < -0.3 is 25.0 Å². The number of rotatable bonds is 8. The summed E-state index contributed by atoms with van der Waals surface area (Å²) in [5, 5.41) is 26.4. The molecule has 2 aliphatic heterocycles. The van der Waals surface area contributed by atoms with Gasteiger partial charge >= 0.3 is 0 Å². The van der Waals surface area contributed by atoms with Gasteiger partial charge in [-0.05, 0) is 61.6 Å². The number of nitrogens with one attached hydrogen (secondary N) is 2. The number of aromatic nitrogens is 4. The minimum absolute atomic E-state index is 0.0705. The Labute approximate surface area is 228 Å². The van der Waals surface area contributed by atoms with Gasteiger partial charge in [0.15, 0.2) is 11.7 Å². The maximum Gasteiger partial charge on any atom is 0.291 e. The van der Waals surface area contributed by atoms with Crippen LogP contribution < -0.4 is 5.32 Å². The molecule has 0 radical (unpaired) electrons. The number of carbonyl (C=O) groups is 2. The molecule has 1 saturated heterocycles. The van der Waals surface area contributed by atoms with E-state index in [-0.39, 0.29) is 31.0 Å². The normalized spacial score (nSPS) is 24.4. The number of ether oxygens (including phenoxy) is 1. The topological polar surface area (TPSA) is 149 Å². The molecular formula is C27H38N8O4. The zero-order chi connectivity index (χ0) is 27.4. The lowest BCUT2D eigenvalue weighted by Crippen LogP contribution is -2.52. The predicted octanol–water partition coefficient (Wildman–Crippen LogP) is 1.67. The number of aromatic amines is 1.